The highest BCUT2D eigenvalue weighted by molar-refractivity contribution is 6.02. The van der Waals surface area contributed by atoms with E-state index >= 15 is 0 Å². The summed E-state index contributed by atoms with van der Waals surface area (Å²) in [6.45, 7) is -0.486. The summed E-state index contributed by atoms with van der Waals surface area (Å²) in [5.41, 5.74) is 0.521. The number of carbonyl (C=O) groups is 3. The van der Waals surface area contributed by atoms with Crippen LogP contribution in [0.2, 0.25) is 0 Å². The number of ketones is 1. The first kappa shape index (κ1) is 26.4. The van der Waals surface area contributed by atoms with Crippen LogP contribution in [0.1, 0.15) is 42.6 Å². The molecule has 1 unspecified atom stereocenters. The van der Waals surface area contributed by atoms with Crippen molar-refractivity contribution >= 4 is 28.5 Å². The number of hydrogen-bond donors (Lipinski definition) is 5. The second kappa shape index (κ2) is 9.86. The van der Waals surface area contributed by atoms with Gasteiger partial charge in [-0.25, -0.2) is 0 Å². The van der Waals surface area contributed by atoms with E-state index in [9.17, 15) is 37.8 Å². The van der Waals surface area contributed by atoms with Crippen molar-refractivity contribution in [2.45, 2.75) is 56.8 Å². The lowest BCUT2D eigenvalue weighted by atomic mass is 9.94. The second-order valence-corrected chi connectivity index (χ2v) is 10.5. The first-order valence-electron chi connectivity index (χ1n) is 12.5. The van der Waals surface area contributed by atoms with Gasteiger partial charge in [0.1, 0.15) is 30.3 Å². The number of nitrogens with one attached hydrogen (secondary N) is 3. The summed E-state index contributed by atoms with van der Waals surface area (Å²) in [6.07, 6.45) is -3.55. The van der Waals surface area contributed by atoms with Crippen molar-refractivity contribution in [1.29, 1.82) is 0 Å². The minimum Gasteiger partial charge on any atom is -0.507 e. The first-order chi connectivity index (χ1) is 17.9. The van der Waals surface area contributed by atoms with Crippen LogP contribution in [-0.2, 0) is 14.3 Å². The zero-order chi connectivity index (χ0) is 27.2. The number of benzene rings is 1. The fourth-order valence-corrected chi connectivity index (χ4v) is 5.54. The number of H-pyrrole nitrogens is 1. The summed E-state index contributed by atoms with van der Waals surface area (Å²) in [7, 11) is 0. The summed E-state index contributed by atoms with van der Waals surface area (Å²) >= 11 is 0. The van der Waals surface area contributed by atoms with Gasteiger partial charge in [0.15, 0.2) is 5.78 Å². The lowest BCUT2D eigenvalue weighted by Crippen LogP contribution is -2.52. The van der Waals surface area contributed by atoms with Gasteiger partial charge in [-0.05, 0) is 62.3 Å². The molecule has 3 heterocycles. The van der Waals surface area contributed by atoms with Gasteiger partial charge in [0.05, 0.1) is 6.04 Å². The van der Waals surface area contributed by atoms with E-state index in [1.54, 1.807) is 12.1 Å². The second-order valence-electron chi connectivity index (χ2n) is 10.5. The van der Waals surface area contributed by atoms with Crippen LogP contribution in [0.5, 0.6) is 5.75 Å². The molecule has 1 aliphatic carbocycles. The molecule has 3 fully saturated rings. The van der Waals surface area contributed by atoms with Crippen molar-refractivity contribution in [2.24, 2.45) is 11.3 Å². The van der Waals surface area contributed by atoms with Crippen LogP contribution in [0.3, 0.4) is 0 Å². The normalized spacial score (nSPS) is 25.2. The fourth-order valence-electron chi connectivity index (χ4n) is 5.54. The number of phenols is 1. The molecule has 2 aromatic rings. The Bertz CT molecular complexity index is 1240. The van der Waals surface area contributed by atoms with E-state index < -0.39 is 54.8 Å². The maximum atomic E-state index is 13.5. The number of aliphatic hydroxyl groups excluding tert-OH is 1. The maximum absolute atomic E-state index is 13.5. The topological polar surface area (TPSA) is 144 Å². The van der Waals surface area contributed by atoms with Crippen LogP contribution >= 0.6 is 0 Å². The number of aromatic hydroxyl groups is 1. The molecule has 5 N–H and O–H groups in total. The van der Waals surface area contributed by atoms with Crippen LogP contribution in [0.25, 0.3) is 10.9 Å². The number of fused-ring (bicyclic) bond motifs is 1. The third kappa shape index (κ3) is 5.49. The number of nitrogens with zero attached hydrogens (tertiary/aromatic N) is 1. The van der Waals surface area contributed by atoms with E-state index in [4.69, 9.17) is 0 Å². The molecule has 2 aliphatic heterocycles. The number of phenolic OH excluding ortho intramolecular Hbond substituents is 1. The Morgan fingerprint density at radius 1 is 1.26 bits per heavy atom. The standard InChI is InChI=1S/C25H29F3N4O6/c26-25(27,28)38-11-20(34)16(8-13-4-7-29-21(13)35)31-22(36)18-10-24(5-6-24)12-32(18)23(37)17-9-14-15(30-17)2-1-3-19(14)33/h1-3,9,13,16,18,21,29-30,33,35H,4-8,10-12H2,(H,31,36)/t13-,16-,18-,21?/m0/s1. The maximum Gasteiger partial charge on any atom is 0.522 e. The molecule has 206 valence electrons. The number of alkyl halides is 3. The van der Waals surface area contributed by atoms with Crippen molar-refractivity contribution in [2.75, 3.05) is 19.7 Å². The number of hydrogen-bond acceptors (Lipinski definition) is 7. The SMILES string of the molecule is O=C(COC(F)(F)F)[C@H](C[C@@H]1CCNC1O)NC(=O)[C@@H]1CC2(CC2)CN1C(=O)c1cc2c(O)cccc2[nH]1. The molecule has 5 rings (SSSR count). The highest BCUT2D eigenvalue weighted by Crippen LogP contribution is 2.55. The third-order valence-corrected chi connectivity index (χ3v) is 7.84. The van der Waals surface area contributed by atoms with E-state index in [2.05, 4.69) is 20.4 Å². The quantitative estimate of drug-likeness (QED) is 0.345. The molecule has 1 saturated carbocycles. The van der Waals surface area contributed by atoms with E-state index in [1.807, 2.05) is 0 Å². The molecule has 1 aromatic heterocycles. The molecule has 2 amide bonds. The first-order valence-corrected chi connectivity index (χ1v) is 12.5. The predicted molar refractivity (Wildman–Crippen MR) is 127 cm³/mol. The highest BCUT2D eigenvalue weighted by Gasteiger charge is 2.55. The monoisotopic (exact) mass is 538 g/mol. The van der Waals surface area contributed by atoms with Crippen molar-refractivity contribution in [1.82, 2.24) is 20.5 Å². The molecule has 38 heavy (non-hydrogen) atoms. The van der Waals surface area contributed by atoms with Crippen LogP contribution in [0, 0.1) is 11.3 Å². The number of aliphatic hydroxyl groups is 1. The number of ether oxygens (including phenoxy) is 1. The number of carbonyl (C=O) groups excluding carboxylic acids is 3. The lowest BCUT2D eigenvalue weighted by Gasteiger charge is -2.27. The molecular weight excluding hydrogens is 509 g/mol. The molecular formula is C25H29F3N4O6. The zero-order valence-electron chi connectivity index (χ0n) is 20.4. The van der Waals surface area contributed by atoms with Gasteiger partial charge in [0, 0.05) is 23.4 Å². The summed E-state index contributed by atoms with van der Waals surface area (Å²) < 4.78 is 41.4. The molecule has 0 bridgehead atoms. The van der Waals surface area contributed by atoms with Gasteiger partial charge in [0.25, 0.3) is 5.91 Å². The number of likely N-dealkylation sites (tertiary alicyclic amines) is 1. The summed E-state index contributed by atoms with van der Waals surface area (Å²) in [4.78, 5) is 44.0. The Morgan fingerprint density at radius 3 is 2.66 bits per heavy atom. The van der Waals surface area contributed by atoms with Gasteiger partial charge in [-0.15, -0.1) is 13.2 Å². The molecule has 0 radical (unpaired) electrons. The van der Waals surface area contributed by atoms with Crippen molar-refractivity contribution in [3.63, 3.8) is 0 Å². The largest absolute Gasteiger partial charge is 0.522 e. The number of rotatable bonds is 8. The van der Waals surface area contributed by atoms with Gasteiger partial charge in [-0.2, -0.15) is 0 Å². The summed E-state index contributed by atoms with van der Waals surface area (Å²) in [5.74, 6) is -2.53. The number of aromatic nitrogens is 1. The van der Waals surface area contributed by atoms with Crippen LogP contribution < -0.4 is 10.6 Å². The molecule has 1 aromatic carbocycles. The Hall–Kier alpha value is -3.16. The molecule has 1 spiro atoms. The van der Waals surface area contributed by atoms with Crippen molar-refractivity contribution in [3.05, 3.63) is 30.0 Å². The number of halogens is 3. The Balaban J connectivity index is 1.34. The minimum absolute atomic E-state index is 0.00167. The van der Waals surface area contributed by atoms with Crippen LogP contribution in [0.15, 0.2) is 24.3 Å². The van der Waals surface area contributed by atoms with Crippen LogP contribution in [0.4, 0.5) is 13.2 Å². The Morgan fingerprint density at radius 2 is 2.03 bits per heavy atom. The summed E-state index contributed by atoms with van der Waals surface area (Å²) in [5, 5.41) is 26.0. The number of amides is 2. The lowest BCUT2D eigenvalue weighted by molar-refractivity contribution is -0.321. The Labute approximate surface area is 215 Å². The average molecular weight is 539 g/mol. The fraction of sp³-hybridized carbons (Fsp3) is 0.560. The van der Waals surface area contributed by atoms with E-state index in [0.717, 1.165) is 12.8 Å². The van der Waals surface area contributed by atoms with Gasteiger partial charge < -0.3 is 25.4 Å². The average Bonchev–Trinajstić information content (AvgIpc) is 3.17. The smallest absolute Gasteiger partial charge is 0.507 e. The Kier molecular flexibility index (Phi) is 6.86. The number of aromatic amines is 1. The molecule has 4 atom stereocenters. The van der Waals surface area contributed by atoms with E-state index in [-0.39, 0.29) is 23.3 Å². The van der Waals surface area contributed by atoms with Gasteiger partial charge in [0.2, 0.25) is 5.91 Å². The van der Waals surface area contributed by atoms with Crippen molar-refractivity contribution in [3.8, 4) is 5.75 Å². The highest BCUT2D eigenvalue weighted by atomic mass is 19.4. The molecule has 3 aliphatic rings. The van der Waals surface area contributed by atoms with E-state index in [0.29, 0.717) is 36.8 Å². The summed E-state index contributed by atoms with van der Waals surface area (Å²) in [6, 6.07) is 4.07. The predicted octanol–water partition coefficient (Wildman–Crippen LogP) is 1.78. The van der Waals surface area contributed by atoms with Gasteiger partial charge in [-0.3, -0.25) is 24.4 Å². The zero-order valence-corrected chi connectivity index (χ0v) is 20.4. The number of Topliss-reactive ketones (excluding diaryl/α,β-unsaturated/α-hetero) is 1. The van der Waals surface area contributed by atoms with Crippen molar-refractivity contribution < 1.29 is 42.5 Å². The van der Waals surface area contributed by atoms with Gasteiger partial charge >= 0.3 is 6.36 Å². The van der Waals surface area contributed by atoms with Gasteiger partial charge in [-0.1, -0.05) is 6.07 Å². The molecule has 2 saturated heterocycles. The molecule has 13 heteroatoms. The third-order valence-electron chi connectivity index (χ3n) is 7.84. The van der Waals surface area contributed by atoms with E-state index in [1.165, 1.54) is 17.0 Å². The molecule has 10 nitrogen and oxygen atoms in total. The van der Waals surface area contributed by atoms with Crippen LogP contribution in [-0.4, -0.2) is 82.1 Å². The minimum atomic E-state index is -5.01.